The molecule has 0 spiro atoms. The summed E-state index contributed by atoms with van der Waals surface area (Å²) in [5.41, 5.74) is 2.00. The van der Waals surface area contributed by atoms with Gasteiger partial charge in [0.05, 0.1) is 19.3 Å². The molecule has 1 aromatic rings. The van der Waals surface area contributed by atoms with E-state index in [1.54, 1.807) is 0 Å². The number of benzene rings is 1. The molecule has 1 aliphatic heterocycles. The maximum Gasteiger partial charge on any atom is 0.220 e. The standard InChI is InChI=1S/C20H30N2O3/c23-19(15-21-20(24)14-16-4-2-1-3-5-16)17-6-8-18(9-7-17)22-10-12-25-13-11-22/h6-9,16,19,23H,1-5,10-15H2,(H,21,24). The smallest absolute Gasteiger partial charge is 0.220 e. The highest BCUT2D eigenvalue weighted by Gasteiger charge is 2.18. The monoisotopic (exact) mass is 346 g/mol. The molecule has 1 atom stereocenters. The Bertz CT molecular complexity index is 534. The number of carbonyl (C=O) groups is 1. The average molecular weight is 346 g/mol. The Hall–Kier alpha value is -1.59. The second kappa shape index (κ2) is 9.20. The van der Waals surface area contributed by atoms with Crippen molar-refractivity contribution in [2.75, 3.05) is 37.7 Å². The second-order valence-electron chi connectivity index (χ2n) is 7.22. The third kappa shape index (κ3) is 5.44. The Morgan fingerprint density at radius 3 is 2.52 bits per heavy atom. The fourth-order valence-corrected chi connectivity index (χ4v) is 3.78. The molecule has 1 saturated heterocycles. The van der Waals surface area contributed by atoms with Gasteiger partial charge in [-0.15, -0.1) is 0 Å². The zero-order valence-corrected chi connectivity index (χ0v) is 15.0. The van der Waals surface area contributed by atoms with Crippen LogP contribution in [0.15, 0.2) is 24.3 Å². The predicted octanol–water partition coefficient (Wildman–Crippen LogP) is 2.64. The van der Waals surface area contributed by atoms with Gasteiger partial charge in [0, 0.05) is 31.7 Å². The van der Waals surface area contributed by atoms with E-state index in [0.29, 0.717) is 12.3 Å². The average Bonchev–Trinajstić information content (AvgIpc) is 2.68. The Morgan fingerprint density at radius 2 is 1.84 bits per heavy atom. The van der Waals surface area contributed by atoms with E-state index in [1.807, 2.05) is 24.3 Å². The van der Waals surface area contributed by atoms with Crippen LogP contribution in [0, 0.1) is 5.92 Å². The molecule has 5 nitrogen and oxygen atoms in total. The molecule has 25 heavy (non-hydrogen) atoms. The summed E-state index contributed by atoms with van der Waals surface area (Å²) < 4.78 is 5.37. The van der Waals surface area contributed by atoms with Gasteiger partial charge >= 0.3 is 0 Å². The van der Waals surface area contributed by atoms with Gasteiger partial charge in [-0.25, -0.2) is 0 Å². The first-order valence-corrected chi connectivity index (χ1v) is 9.60. The maximum atomic E-state index is 12.1. The molecule has 138 valence electrons. The van der Waals surface area contributed by atoms with Crippen LogP contribution in [0.5, 0.6) is 0 Å². The third-order valence-corrected chi connectivity index (χ3v) is 5.35. The van der Waals surface area contributed by atoms with Crippen LogP contribution >= 0.6 is 0 Å². The predicted molar refractivity (Wildman–Crippen MR) is 98.6 cm³/mol. The molecule has 2 N–H and O–H groups in total. The second-order valence-corrected chi connectivity index (χ2v) is 7.22. The lowest BCUT2D eigenvalue weighted by molar-refractivity contribution is -0.122. The maximum absolute atomic E-state index is 12.1. The van der Waals surface area contributed by atoms with Crippen LogP contribution < -0.4 is 10.2 Å². The Labute approximate surface area is 150 Å². The molecule has 2 fully saturated rings. The molecule has 0 bridgehead atoms. The van der Waals surface area contributed by atoms with Gasteiger partial charge in [0.25, 0.3) is 0 Å². The number of nitrogens with zero attached hydrogens (tertiary/aromatic N) is 1. The number of aliphatic hydroxyl groups is 1. The molecule has 0 radical (unpaired) electrons. The van der Waals surface area contributed by atoms with Crippen LogP contribution in [-0.2, 0) is 9.53 Å². The molecule has 1 unspecified atom stereocenters. The van der Waals surface area contributed by atoms with E-state index in [2.05, 4.69) is 10.2 Å². The van der Waals surface area contributed by atoms with E-state index in [0.717, 1.165) is 37.6 Å². The van der Waals surface area contributed by atoms with Gasteiger partial charge in [0.1, 0.15) is 0 Å². The van der Waals surface area contributed by atoms with Crippen LogP contribution in [0.2, 0.25) is 0 Å². The normalized spacial score (nSPS) is 20.3. The van der Waals surface area contributed by atoms with E-state index < -0.39 is 6.10 Å². The molecule has 1 aromatic carbocycles. The third-order valence-electron chi connectivity index (χ3n) is 5.35. The number of hydrogen-bond donors (Lipinski definition) is 2. The highest BCUT2D eigenvalue weighted by Crippen LogP contribution is 2.26. The van der Waals surface area contributed by atoms with Crippen molar-refractivity contribution in [3.05, 3.63) is 29.8 Å². The van der Waals surface area contributed by atoms with Gasteiger partial charge in [-0.2, -0.15) is 0 Å². The Morgan fingerprint density at radius 1 is 1.16 bits per heavy atom. The summed E-state index contributed by atoms with van der Waals surface area (Å²) in [6, 6.07) is 7.97. The fraction of sp³-hybridized carbons (Fsp3) is 0.650. The number of nitrogens with one attached hydrogen (secondary N) is 1. The lowest BCUT2D eigenvalue weighted by atomic mass is 9.87. The van der Waals surface area contributed by atoms with Crippen LogP contribution in [0.25, 0.3) is 0 Å². The van der Waals surface area contributed by atoms with Crippen molar-refractivity contribution in [2.45, 2.75) is 44.6 Å². The van der Waals surface area contributed by atoms with Crippen molar-refractivity contribution in [1.29, 1.82) is 0 Å². The molecule has 1 aliphatic carbocycles. The van der Waals surface area contributed by atoms with Crippen molar-refractivity contribution < 1.29 is 14.6 Å². The molecule has 0 aromatic heterocycles. The molecular weight excluding hydrogens is 316 g/mol. The van der Waals surface area contributed by atoms with Crippen LogP contribution in [-0.4, -0.2) is 43.9 Å². The van der Waals surface area contributed by atoms with Crippen LogP contribution in [0.1, 0.15) is 50.2 Å². The lowest BCUT2D eigenvalue weighted by Crippen LogP contribution is -2.36. The fourth-order valence-electron chi connectivity index (χ4n) is 3.78. The number of anilines is 1. The number of rotatable bonds is 6. The minimum Gasteiger partial charge on any atom is -0.387 e. The number of amides is 1. The Balaban J connectivity index is 1.44. The van der Waals surface area contributed by atoms with Gasteiger partial charge in [0.2, 0.25) is 5.91 Å². The van der Waals surface area contributed by atoms with E-state index in [-0.39, 0.29) is 12.5 Å². The minimum atomic E-state index is -0.658. The van der Waals surface area contributed by atoms with E-state index in [1.165, 1.54) is 32.1 Å². The minimum absolute atomic E-state index is 0.0656. The number of carbonyl (C=O) groups excluding carboxylic acids is 1. The van der Waals surface area contributed by atoms with Crippen molar-refractivity contribution >= 4 is 11.6 Å². The van der Waals surface area contributed by atoms with Crippen molar-refractivity contribution in [1.82, 2.24) is 5.32 Å². The zero-order chi connectivity index (χ0) is 17.5. The number of hydrogen-bond acceptors (Lipinski definition) is 4. The van der Waals surface area contributed by atoms with E-state index in [4.69, 9.17) is 4.74 Å². The quantitative estimate of drug-likeness (QED) is 0.831. The highest BCUT2D eigenvalue weighted by molar-refractivity contribution is 5.76. The van der Waals surface area contributed by atoms with Crippen molar-refractivity contribution in [3.63, 3.8) is 0 Å². The summed E-state index contributed by atoms with van der Waals surface area (Å²) in [5.74, 6) is 0.592. The molecule has 2 aliphatic rings. The van der Waals surface area contributed by atoms with Crippen molar-refractivity contribution in [2.24, 2.45) is 5.92 Å². The van der Waals surface area contributed by atoms with Gasteiger partial charge < -0.3 is 20.1 Å². The molecule has 1 heterocycles. The molecule has 1 saturated carbocycles. The molecule has 5 heteroatoms. The summed E-state index contributed by atoms with van der Waals surface area (Å²) in [6.07, 6.45) is 6.07. The van der Waals surface area contributed by atoms with Crippen molar-refractivity contribution in [3.8, 4) is 0 Å². The number of aliphatic hydroxyl groups excluding tert-OH is 1. The summed E-state index contributed by atoms with van der Waals surface area (Å²) in [5, 5.41) is 13.2. The van der Waals surface area contributed by atoms with Gasteiger partial charge in [-0.05, 0) is 36.5 Å². The Kier molecular flexibility index (Phi) is 6.70. The molecule has 3 rings (SSSR count). The number of ether oxygens (including phenoxy) is 1. The van der Waals surface area contributed by atoms with E-state index >= 15 is 0 Å². The van der Waals surface area contributed by atoms with Gasteiger partial charge in [-0.3, -0.25) is 4.79 Å². The highest BCUT2D eigenvalue weighted by atomic mass is 16.5. The first kappa shape index (κ1) is 18.2. The first-order valence-electron chi connectivity index (χ1n) is 9.60. The molecular formula is C20H30N2O3. The van der Waals surface area contributed by atoms with E-state index in [9.17, 15) is 9.90 Å². The summed E-state index contributed by atoms with van der Waals surface area (Å²) in [6.45, 7) is 3.61. The summed E-state index contributed by atoms with van der Waals surface area (Å²) in [4.78, 5) is 14.4. The number of morpholine rings is 1. The van der Waals surface area contributed by atoms with Crippen LogP contribution in [0.4, 0.5) is 5.69 Å². The topological polar surface area (TPSA) is 61.8 Å². The largest absolute Gasteiger partial charge is 0.387 e. The molecule has 1 amide bonds. The van der Waals surface area contributed by atoms with Gasteiger partial charge in [-0.1, -0.05) is 31.4 Å². The van der Waals surface area contributed by atoms with Gasteiger partial charge in [0.15, 0.2) is 0 Å². The lowest BCUT2D eigenvalue weighted by Gasteiger charge is -2.29. The summed E-state index contributed by atoms with van der Waals surface area (Å²) >= 11 is 0. The summed E-state index contributed by atoms with van der Waals surface area (Å²) in [7, 11) is 0. The zero-order valence-electron chi connectivity index (χ0n) is 15.0. The SMILES string of the molecule is O=C(CC1CCCCC1)NCC(O)c1ccc(N2CCOCC2)cc1. The van der Waals surface area contributed by atoms with Crippen LogP contribution in [0.3, 0.4) is 0 Å². The first-order chi connectivity index (χ1) is 12.2.